The van der Waals surface area contributed by atoms with Gasteiger partial charge in [0.1, 0.15) is 6.61 Å². The van der Waals surface area contributed by atoms with Gasteiger partial charge in [-0.1, -0.05) is 25.5 Å². The molecular weight excluding hydrogens is 282 g/mol. The summed E-state index contributed by atoms with van der Waals surface area (Å²) in [5, 5.41) is 5.72. The van der Waals surface area contributed by atoms with E-state index in [1.54, 1.807) is 4.90 Å². The number of hydrogen-bond donors (Lipinski definition) is 2. The molecule has 0 radical (unpaired) electrons. The SMILES string of the molecule is CCC[C@@H](C)NC(=O)Nc1cccc(CN2CCOC2=O)c1. The number of cyclic esters (lactones) is 1. The number of ether oxygens (including phenoxy) is 1. The summed E-state index contributed by atoms with van der Waals surface area (Å²) in [6, 6.07) is 7.42. The van der Waals surface area contributed by atoms with E-state index in [1.807, 2.05) is 31.2 Å². The van der Waals surface area contributed by atoms with Gasteiger partial charge >= 0.3 is 12.1 Å². The summed E-state index contributed by atoms with van der Waals surface area (Å²) in [4.78, 5) is 25.0. The number of amides is 3. The Bertz CT molecular complexity index is 533. The lowest BCUT2D eigenvalue weighted by atomic mass is 10.2. The van der Waals surface area contributed by atoms with Crippen LogP contribution in [0.4, 0.5) is 15.3 Å². The molecule has 2 N–H and O–H groups in total. The highest BCUT2D eigenvalue weighted by Gasteiger charge is 2.21. The molecule has 1 heterocycles. The second-order valence-electron chi connectivity index (χ2n) is 5.52. The van der Waals surface area contributed by atoms with Gasteiger partial charge in [-0.15, -0.1) is 0 Å². The fourth-order valence-electron chi connectivity index (χ4n) is 2.43. The first kappa shape index (κ1) is 16.1. The Balaban J connectivity index is 1.90. The number of nitrogens with one attached hydrogen (secondary N) is 2. The second kappa shape index (κ2) is 7.68. The zero-order valence-electron chi connectivity index (χ0n) is 13.1. The molecule has 0 saturated carbocycles. The third-order valence-corrected chi connectivity index (χ3v) is 3.50. The lowest BCUT2D eigenvalue weighted by molar-refractivity contribution is 0.157. The fraction of sp³-hybridized carbons (Fsp3) is 0.500. The second-order valence-corrected chi connectivity index (χ2v) is 5.52. The lowest BCUT2D eigenvalue weighted by Crippen LogP contribution is -2.35. The first-order chi connectivity index (χ1) is 10.6. The summed E-state index contributed by atoms with van der Waals surface area (Å²) in [7, 11) is 0. The summed E-state index contributed by atoms with van der Waals surface area (Å²) in [6.45, 7) is 5.60. The number of rotatable bonds is 6. The van der Waals surface area contributed by atoms with Gasteiger partial charge in [0, 0.05) is 18.3 Å². The Hall–Kier alpha value is -2.24. The molecule has 1 aromatic carbocycles. The zero-order valence-corrected chi connectivity index (χ0v) is 13.1. The van der Waals surface area contributed by atoms with Crippen LogP contribution in [0.2, 0.25) is 0 Å². The van der Waals surface area contributed by atoms with Crippen LogP contribution in [0, 0.1) is 0 Å². The zero-order chi connectivity index (χ0) is 15.9. The maximum Gasteiger partial charge on any atom is 0.410 e. The van der Waals surface area contributed by atoms with Gasteiger partial charge in [-0.25, -0.2) is 9.59 Å². The van der Waals surface area contributed by atoms with Gasteiger partial charge in [-0.2, -0.15) is 0 Å². The number of carbonyl (C=O) groups is 2. The van der Waals surface area contributed by atoms with Crippen LogP contribution in [0.15, 0.2) is 24.3 Å². The molecule has 0 bridgehead atoms. The average Bonchev–Trinajstić information content (AvgIpc) is 2.84. The van der Waals surface area contributed by atoms with Crippen molar-refractivity contribution in [2.24, 2.45) is 0 Å². The maximum atomic E-state index is 11.9. The molecule has 6 nitrogen and oxygen atoms in total. The van der Waals surface area contributed by atoms with Crippen LogP contribution in [0.5, 0.6) is 0 Å². The lowest BCUT2D eigenvalue weighted by Gasteiger charge is -2.15. The largest absolute Gasteiger partial charge is 0.448 e. The molecule has 120 valence electrons. The Labute approximate surface area is 130 Å². The van der Waals surface area contributed by atoms with E-state index in [0.717, 1.165) is 18.4 Å². The van der Waals surface area contributed by atoms with Crippen molar-refractivity contribution >= 4 is 17.8 Å². The van der Waals surface area contributed by atoms with E-state index in [2.05, 4.69) is 17.6 Å². The van der Waals surface area contributed by atoms with Crippen LogP contribution in [-0.4, -0.2) is 36.2 Å². The van der Waals surface area contributed by atoms with Gasteiger partial charge in [0.25, 0.3) is 0 Å². The van der Waals surface area contributed by atoms with Crippen molar-refractivity contribution in [2.45, 2.75) is 39.3 Å². The van der Waals surface area contributed by atoms with Crippen molar-refractivity contribution in [2.75, 3.05) is 18.5 Å². The van der Waals surface area contributed by atoms with E-state index in [4.69, 9.17) is 4.74 Å². The van der Waals surface area contributed by atoms with Gasteiger partial charge in [0.2, 0.25) is 0 Å². The molecule has 6 heteroatoms. The molecule has 2 rings (SSSR count). The van der Waals surface area contributed by atoms with Gasteiger partial charge in [0.05, 0.1) is 6.54 Å². The maximum absolute atomic E-state index is 11.9. The van der Waals surface area contributed by atoms with Crippen LogP contribution >= 0.6 is 0 Å². The topological polar surface area (TPSA) is 70.7 Å². The third-order valence-electron chi connectivity index (χ3n) is 3.50. The number of benzene rings is 1. The minimum absolute atomic E-state index is 0.146. The number of hydrogen-bond acceptors (Lipinski definition) is 3. The number of anilines is 1. The molecule has 22 heavy (non-hydrogen) atoms. The Morgan fingerprint density at radius 1 is 1.45 bits per heavy atom. The molecule has 0 aliphatic carbocycles. The van der Waals surface area contributed by atoms with Crippen LogP contribution in [0.3, 0.4) is 0 Å². The fourth-order valence-corrected chi connectivity index (χ4v) is 2.43. The molecule has 1 saturated heterocycles. The predicted octanol–water partition coefficient (Wildman–Crippen LogP) is 2.95. The highest BCUT2D eigenvalue weighted by atomic mass is 16.6. The first-order valence-electron chi connectivity index (χ1n) is 7.66. The van der Waals surface area contributed by atoms with Crippen molar-refractivity contribution in [3.8, 4) is 0 Å². The molecule has 1 fully saturated rings. The van der Waals surface area contributed by atoms with E-state index in [-0.39, 0.29) is 18.2 Å². The molecule has 1 atom stereocenters. The van der Waals surface area contributed by atoms with Crippen LogP contribution < -0.4 is 10.6 Å². The standard InChI is InChI=1S/C16H23N3O3/c1-3-5-12(2)17-15(20)18-14-7-4-6-13(10-14)11-19-8-9-22-16(19)21/h4,6-7,10,12H,3,5,8-9,11H2,1-2H3,(H2,17,18,20)/t12-/m1/s1. The van der Waals surface area contributed by atoms with Crippen molar-refractivity contribution in [3.63, 3.8) is 0 Å². The summed E-state index contributed by atoms with van der Waals surface area (Å²) in [5.41, 5.74) is 1.67. The molecule has 0 unspecified atom stereocenters. The molecule has 0 aromatic heterocycles. The number of urea groups is 1. The number of carbonyl (C=O) groups excluding carboxylic acids is 2. The van der Waals surface area contributed by atoms with E-state index in [0.29, 0.717) is 25.4 Å². The molecule has 1 aliphatic heterocycles. The van der Waals surface area contributed by atoms with Crippen molar-refractivity contribution in [1.82, 2.24) is 10.2 Å². The average molecular weight is 305 g/mol. The van der Waals surface area contributed by atoms with Crippen LogP contribution in [0.25, 0.3) is 0 Å². The first-order valence-corrected chi connectivity index (χ1v) is 7.66. The van der Waals surface area contributed by atoms with E-state index in [9.17, 15) is 9.59 Å². The van der Waals surface area contributed by atoms with Crippen molar-refractivity contribution in [3.05, 3.63) is 29.8 Å². The van der Waals surface area contributed by atoms with Gasteiger partial charge in [-0.3, -0.25) is 0 Å². The molecule has 1 aliphatic rings. The number of nitrogens with zero attached hydrogens (tertiary/aromatic N) is 1. The predicted molar refractivity (Wildman–Crippen MR) is 84.7 cm³/mol. The van der Waals surface area contributed by atoms with Gasteiger partial charge < -0.3 is 20.3 Å². The monoisotopic (exact) mass is 305 g/mol. The molecule has 1 aromatic rings. The highest BCUT2D eigenvalue weighted by Crippen LogP contribution is 2.15. The smallest absolute Gasteiger partial charge is 0.410 e. The van der Waals surface area contributed by atoms with Crippen LogP contribution in [0.1, 0.15) is 32.3 Å². The Kier molecular flexibility index (Phi) is 5.63. The molecular formula is C16H23N3O3. The minimum Gasteiger partial charge on any atom is -0.448 e. The summed E-state index contributed by atoms with van der Waals surface area (Å²) in [6.07, 6.45) is 1.69. The van der Waals surface area contributed by atoms with E-state index in [1.165, 1.54) is 0 Å². The van der Waals surface area contributed by atoms with E-state index >= 15 is 0 Å². The van der Waals surface area contributed by atoms with Crippen LogP contribution in [-0.2, 0) is 11.3 Å². The normalized spacial score (nSPS) is 15.4. The molecule has 3 amide bonds. The van der Waals surface area contributed by atoms with Crippen molar-refractivity contribution < 1.29 is 14.3 Å². The van der Waals surface area contributed by atoms with Gasteiger partial charge in [0.15, 0.2) is 0 Å². The minimum atomic E-state index is -0.288. The van der Waals surface area contributed by atoms with Crippen molar-refractivity contribution in [1.29, 1.82) is 0 Å². The van der Waals surface area contributed by atoms with E-state index < -0.39 is 0 Å². The summed E-state index contributed by atoms with van der Waals surface area (Å²) in [5.74, 6) is 0. The third kappa shape index (κ3) is 4.65. The Morgan fingerprint density at radius 2 is 2.27 bits per heavy atom. The molecule has 0 spiro atoms. The quantitative estimate of drug-likeness (QED) is 0.849. The summed E-state index contributed by atoms with van der Waals surface area (Å²) >= 11 is 0. The summed E-state index contributed by atoms with van der Waals surface area (Å²) < 4.78 is 4.91. The van der Waals surface area contributed by atoms with Gasteiger partial charge in [-0.05, 0) is 31.0 Å². The highest BCUT2D eigenvalue weighted by molar-refractivity contribution is 5.89. The Morgan fingerprint density at radius 3 is 2.95 bits per heavy atom.